The summed E-state index contributed by atoms with van der Waals surface area (Å²) in [4.78, 5) is 18.5. The number of allylic oxidation sites excluding steroid dienone is 1. The number of fused-ring (bicyclic) bond motifs is 1. The van der Waals surface area contributed by atoms with Gasteiger partial charge in [-0.2, -0.15) is 4.98 Å². The molecular formula is C15H13N5OS2. The van der Waals surface area contributed by atoms with Crippen LogP contribution in [0.3, 0.4) is 0 Å². The lowest BCUT2D eigenvalue weighted by atomic mass is 10.0. The predicted molar refractivity (Wildman–Crippen MR) is 91.3 cm³/mol. The lowest BCUT2D eigenvalue weighted by Crippen LogP contribution is -2.31. The van der Waals surface area contributed by atoms with Crippen molar-refractivity contribution in [3.8, 4) is 10.7 Å². The van der Waals surface area contributed by atoms with Gasteiger partial charge in [0.2, 0.25) is 11.9 Å². The molecule has 0 bridgehead atoms. The van der Waals surface area contributed by atoms with E-state index in [0.29, 0.717) is 23.0 Å². The van der Waals surface area contributed by atoms with Crippen molar-refractivity contribution in [3.05, 3.63) is 51.2 Å². The fourth-order valence-corrected chi connectivity index (χ4v) is 4.16. The first-order valence-electron chi connectivity index (χ1n) is 6.96. The number of nitrogens with zero attached hydrogens (tertiary/aromatic N) is 3. The van der Waals surface area contributed by atoms with Gasteiger partial charge in [0.1, 0.15) is 6.04 Å². The van der Waals surface area contributed by atoms with E-state index >= 15 is 0 Å². The fraction of sp³-hybridized carbons (Fsp3) is 0.133. The lowest BCUT2D eigenvalue weighted by Gasteiger charge is -2.26. The smallest absolute Gasteiger partial charge is 0.248 e. The summed E-state index contributed by atoms with van der Waals surface area (Å²) in [5, 5.41) is 11.7. The number of nitrogens with two attached hydrogens (primary N) is 1. The summed E-state index contributed by atoms with van der Waals surface area (Å²) in [6, 6.07) is 7.52. The lowest BCUT2D eigenvalue weighted by molar-refractivity contribution is -0.115. The Labute approximate surface area is 140 Å². The molecule has 23 heavy (non-hydrogen) atoms. The maximum absolute atomic E-state index is 12.0. The van der Waals surface area contributed by atoms with Crippen molar-refractivity contribution in [2.24, 2.45) is 5.73 Å². The first-order chi connectivity index (χ1) is 11.1. The number of carbonyl (C=O) groups excluding carboxylic acids is 1. The molecule has 0 saturated heterocycles. The molecule has 0 saturated carbocycles. The largest absolute Gasteiger partial charge is 0.366 e. The van der Waals surface area contributed by atoms with E-state index in [9.17, 15) is 4.79 Å². The zero-order valence-corrected chi connectivity index (χ0v) is 13.8. The Morgan fingerprint density at radius 1 is 1.30 bits per heavy atom. The van der Waals surface area contributed by atoms with Crippen LogP contribution in [0.1, 0.15) is 17.8 Å². The topological polar surface area (TPSA) is 85.8 Å². The molecular weight excluding hydrogens is 330 g/mol. The third kappa shape index (κ3) is 2.27. The molecule has 4 rings (SSSR count). The molecule has 3 aromatic heterocycles. The Kier molecular flexibility index (Phi) is 3.28. The molecule has 1 atom stereocenters. The molecule has 0 spiro atoms. The van der Waals surface area contributed by atoms with Crippen LogP contribution in [-0.4, -0.2) is 20.7 Å². The van der Waals surface area contributed by atoms with Gasteiger partial charge >= 0.3 is 0 Å². The third-order valence-corrected chi connectivity index (χ3v) is 5.46. The van der Waals surface area contributed by atoms with E-state index in [2.05, 4.69) is 15.4 Å². The summed E-state index contributed by atoms with van der Waals surface area (Å²) in [5.74, 6) is 0.809. The summed E-state index contributed by atoms with van der Waals surface area (Å²) >= 11 is 3.14. The van der Waals surface area contributed by atoms with Crippen LogP contribution in [0.5, 0.6) is 0 Å². The van der Waals surface area contributed by atoms with E-state index in [1.165, 1.54) is 0 Å². The highest BCUT2D eigenvalue weighted by molar-refractivity contribution is 7.13. The SMILES string of the molecule is CC1=C(C(N)=O)[C@@H](c2cccs2)n2nc(-c3cccs3)nc2N1. The van der Waals surface area contributed by atoms with Crippen LogP contribution >= 0.6 is 22.7 Å². The van der Waals surface area contributed by atoms with Gasteiger partial charge in [-0.3, -0.25) is 4.79 Å². The molecule has 0 aromatic carbocycles. The van der Waals surface area contributed by atoms with Crippen LogP contribution in [0.15, 0.2) is 46.3 Å². The van der Waals surface area contributed by atoms with Crippen molar-refractivity contribution in [1.29, 1.82) is 0 Å². The maximum atomic E-state index is 12.0. The van der Waals surface area contributed by atoms with E-state index in [1.54, 1.807) is 27.4 Å². The highest BCUT2D eigenvalue weighted by Gasteiger charge is 2.33. The first-order valence-corrected chi connectivity index (χ1v) is 8.72. The first kappa shape index (κ1) is 14.2. The zero-order chi connectivity index (χ0) is 16.0. The quantitative estimate of drug-likeness (QED) is 0.766. The van der Waals surface area contributed by atoms with Crippen molar-refractivity contribution >= 4 is 34.5 Å². The molecule has 3 N–H and O–H groups in total. The Morgan fingerprint density at radius 3 is 2.74 bits per heavy atom. The van der Waals surface area contributed by atoms with Gasteiger partial charge in [0.05, 0.1) is 10.5 Å². The number of carbonyl (C=O) groups is 1. The van der Waals surface area contributed by atoms with Crippen molar-refractivity contribution in [1.82, 2.24) is 14.8 Å². The van der Waals surface area contributed by atoms with Gasteiger partial charge in [-0.05, 0) is 29.8 Å². The van der Waals surface area contributed by atoms with Crippen molar-refractivity contribution < 1.29 is 4.79 Å². The number of thiophene rings is 2. The number of aromatic nitrogens is 3. The molecule has 6 nitrogen and oxygen atoms in total. The van der Waals surface area contributed by atoms with Crippen LogP contribution in [0.25, 0.3) is 10.7 Å². The van der Waals surface area contributed by atoms with Gasteiger partial charge in [0, 0.05) is 10.6 Å². The maximum Gasteiger partial charge on any atom is 0.248 e. The molecule has 8 heteroatoms. The molecule has 1 amide bonds. The normalized spacial score (nSPS) is 17.0. The summed E-state index contributed by atoms with van der Waals surface area (Å²) in [7, 11) is 0. The fourth-order valence-electron chi connectivity index (χ4n) is 2.69. The van der Waals surface area contributed by atoms with Gasteiger partial charge in [0.15, 0.2) is 5.82 Å². The molecule has 0 fully saturated rings. The van der Waals surface area contributed by atoms with Gasteiger partial charge in [-0.25, -0.2) is 4.68 Å². The van der Waals surface area contributed by atoms with E-state index in [0.717, 1.165) is 9.75 Å². The van der Waals surface area contributed by atoms with Crippen molar-refractivity contribution in [2.75, 3.05) is 5.32 Å². The average molecular weight is 343 g/mol. The number of amides is 1. The Morgan fingerprint density at radius 2 is 2.09 bits per heavy atom. The van der Waals surface area contributed by atoms with E-state index in [1.807, 2.05) is 41.9 Å². The predicted octanol–water partition coefficient (Wildman–Crippen LogP) is 2.84. The number of anilines is 1. The van der Waals surface area contributed by atoms with Crippen LogP contribution in [0.4, 0.5) is 5.95 Å². The number of nitrogens with one attached hydrogen (secondary N) is 1. The van der Waals surface area contributed by atoms with Gasteiger partial charge in [-0.1, -0.05) is 12.1 Å². The second kappa shape index (κ2) is 5.32. The average Bonchev–Trinajstić information content (AvgIpc) is 3.25. The number of primary amides is 1. The van der Waals surface area contributed by atoms with Crippen molar-refractivity contribution in [3.63, 3.8) is 0 Å². The molecule has 0 unspecified atom stereocenters. The molecule has 116 valence electrons. The molecule has 3 aromatic rings. The zero-order valence-electron chi connectivity index (χ0n) is 12.2. The monoisotopic (exact) mass is 343 g/mol. The molecule has 0 aliphatic carbocycles. The summed E-state index contributed by atoms with van der Waals surface area (Å²) in [6.45, 7) is 1.84. The van der Waals surface area contributed by atoms with Crippen LogP contribution in [-0.2, 0) is 4.79 Å². The molecule has 1 aliphatic heterocycles. The van der Waals surface area contributed by atoms with Crippen LogP contribution in [0, 0.1) is 0 Å². The Balaban J connectivity index is 1.89. The third-order valence-electron chi connectivity index (χ3n) is 3.67. The van der Waals surface area contributed by atoms with Crippen molar-refractivity contribution in [2.45, 2.75) is 13.0 Å². The minimum Gasteiger partial charge on any atom is -0.366 e. The van der Waals surface area contributed by atoms with Crippen LogP contribution < -0.4 is 11.1 Å². The van der Waals surface area contributed by atoms with Crippen LogP contribution in [0.2, 0.25) is 0 Å². The Hall–Kier alpha value is -2.45. The number of rotatable bonds is 3. The molecule has 1 aliphatic rings. The highest BCUT2D eigenvalue weighted by Crippen LogP contribution is 2.38. The second-order valence-electron chi connectivity index (χ2n) is 5.13. The van der Waals surface area contributed by atoms with Gasteiger partial charge in [-0.15, -0.1) is 27.8 Å². The molecule has 4 heterocycles. The highest BCUT2D eigenvalue weighted by atomic mass is 32.1. The minimum atomic E-state index is -0.452. The summed E-state index contributed by atoms with van der Waals surface area (Å²) < 4.78 is 1.74. The van der Waals surface area contributed by atoms with E-state index < -0.39 is 5.91 Å². The second-order valence-corrected chi connectivity index (χ2v) is 7.05. The Bertz CT molecular complexity index is 893. The summed E-state index contributed by atoms with van der Waals surface area (Å²) in [5.41, 5.74) is 6.85. The molecule has 0 radical (unpaired) electrons. The minimum absolute atomic E-state index is 0.343. The van der Waals surface area contributed by atoms with Gasteiger partial charge in [0.25, 0.3) is 0 Å². The van der Waals surface area contributed by atoms with Gasteiger partial charge < -0.3 is 11.1 Å². The number of hydrogen-bond donors (Lipinski definition) is 2. The standard InChI is InChI=1S/C15H13N5OS2/c1-8-11(13(16)21)12(9-4-2-6-22-9)20-15(17-8)18-14(19-20)10-5-3-7-23-10/h2-7,12H,1H3,(H2,16,21)(H,17,18,19)/t12-/m1/s1. The number of hydrogen-bond acceptors (Lipinski definition) is 6. The summed E-state index contributed by atoms with van der Waals surface area (Å²) in [6.07, 6.45) is 0. The van der Waals surface area contributed by atoms with E-state index in [-0.39, 0.29) is 6.04 Å². The van der Waals surface area contributed by atoms with E-state index in [4.69, 9.17) is 5.73 Å².